The standard InChI is InChI=1S/C46H60F2O4.3C2H6/c1-30-23-32(46(10,11)29-44(5,6)7)25-38(42(30)50-13)37-27-34(48)17-20-41(37)52-22-14-21-51-40-19-16-33(47)26-36(40)35-24-31(15-18-39(35)49-12)45(8,9)28-43(2,3)4;3*1-2/h15-20,23-27H,14,21-22,28-29H2,1-13H3;3*1-2H3. The van der Waals surface area contributed by atoms with Gasteiger partial charge in [-0.05, 0) is 113 Å². The molecule has 58 heavy (non-hydrogen) atoms. The highest BCUT2D eigenvalue weighted by molar-refractivity contribution is 5.79. The lowest BCUT2D eigenvalue weighted by Crippen LogP contribution is -2.25. The van der Waals surface area contributed by atoms with Crippen molar-refractivity contribution >= 4 is 0 Å². The Morgan fingerprint density at radius 1 is 0.466 bits per heavy atom. The van der Waals surface area contributed by atoms with Crippen LogP contribution in [0.2, 0.25) is 0 Å². The third-order valence-corrected chi connectivity index (χ3v) is 9.45. The van der Waals surface area contributed by atoms with Gasteiger partial charge < -0.3 is 18.9 Å². The first-order valence-corrected chi connectivity index (χ1v) is 21.4. The van der Waals surface area contributed by atoms with Crippen molar-refractivity contribution in [1.82, 2.24) is 0 Å². The Balaban J connectivity index is 0.00000267. The van der Waals surface area contributed by atoms with Gasteiger partial charge in [0.05, 0.1) is 27.4 Å². The molecule has 0 aliphatic carbocycles. The van der Waals surface area contributed by atoms with Crippen LogP contribution in [0.5, 0.6) is 23.0 Å². The number of halogens is 2. The second-order valence-electron chi connectivity index (χ2n) is 17.9. The molecular formula is C52H78F2O4. The zero-order chi connectivity index (χ0) is 44.6. The molecule has 6 heteroatoms. The molecule has 0 heterocycles. The first-order valence-electron chi connectivity index (χ1n) is 21.4. The molecule has 0 spiro atoms. The van der Waals surface area contributed by atoms with Crippen molar-refractivity contribution in [2.75, 3.05) is 27.4 Å². The maximum Gasteiger partial charge on any atom is 0.129 e. The van der Waals surface area contributed by atoms with Crippen molar-refractivity contribution in [3.8, 4) is 45.3 Å². The van der Waals surface area contributed by atoms with Crippen molar-refractivity contribution in [1.29, 1.82) is 0 Å². The Labute approximate surface area is 353 Å². The van der Waals surface area contributed by atoms with Crippen LogP contribution in [0.4, 0.5) is 8.78 Å². The molecule has 0 aromatic heterocycles. The molecule has 324 valence electrons. The fraction of sp³-hybridized carbons (Fsp3) is 0.538. The summed E-state index contributed by atoms with van der Waals surface area (Å²) in [5.74, 6) is 1.76. The van der Waals surface area contributed by atoms with Crippen LogP contribution in [-0.2, 0) is 10.8 Å². The van der Waals surface area contributed by atoms with E-state index in [2.05, 4.69) is 93.5 Å². The Morgan fingerprint density at radius 3 is 1.29 bits per heavy atom. The second kappa shape index (κ2) is 22.9. The van der Waals surface area contributed by atoms with Gasteiger partial charge in [-0.1, -0.05) is 123 Å². The van der Waals surface area contributed by atoms with Crippen molar-refractivity contribution < 1.29 is 27.7 Å². The number of hydrogen-bond acceptors (Lipinski definition) is 4. The van der Waals surface area contributed by atoms with Gasteiger partial charge in [-0.25, -0.2) is 8.78 Å². The maximum atomic E-state index is 14.8. The molecule has 0 aliphatic rings. The van der Waals surface area contributed by atoms with E-state index in [1.54, 1.807) is 26.4 Å². The van der Waals surface area contributed by atoms with E-state index in [0.29, 0.717) is 53.8 Å². The molecule has 4 nitrogen and oxygen atoms in total. The number of benzene rings is 4. The van der Waals surface area contributed by atoms with Gasteiger partial charge in [0.25, 0.3) is 0 Å². The smallest absolute Gasteiger partial charge is 0.129 e. The number of aryl methyl sites for hydroxylation is 1. The van der Waals surface area contributed by atoms with Crippen molar-refractivity contribution in [2.24, 2.45) is 10.8 Å². The molecule has 0 aliphatic heterocycles. The molecule has 0 atom stereocenters. The number of ether oxygens (including phenoxy) is 4. The molecule has 0 radical (unpaired) electrons. The summed E-state index contributed by atoms with van der Waals surface area (Å²) in [6.07, 6.45) is 2.49. The molecule has 0 N–H and O–H groups in total. The summed E-state index contributed by atoms with van der Waals surface area (Å²) in [4.78, 5) is 0. The lowest BCUT2D eigenvalue weighted by Gasteiger charge is -2.34. The Bertz CT molecular complexity index is 1840. The fourth-order valence-electron chi connectivity index (χ4n) is 7.93. The topological polar surface area (TPSA) is 36.9 Å². The average molecular weight is 805 g/mol. The third kappa shape index (κ3) is 15.0. The summed E-state index contributed by atoms with van der Waals surface area (Å²) in [5, 5.41) is 0. The van der Waals surface area contributed by atoms with E-state index < -0.39 is 0 Å². The maximum absolute atomic E-state index is 14.8. The predicted molar refractivity (Wildman–Crippen MR) is 245 cm³/mol. The third-order valence-electron chi connectivity index (χ3n) is 9.45. The Kier molecular flexibility index (Phi) is 20.5. The quantitative estimate of drug-likeness (QED) is 0.119. The van der Waals surface area contributed by atoms with E-state index in [1.807, 2.05) is 54.5 Å². The minimum Gasteiger partial charge on any atom is -0.496 e. The highest BCUT2D eigenvalue weighted by atomic mass is 19.1. The van der Waals surface area contributed by atoms with Crippen LogP contribution in [0.15, 0.2) is 66.7 Å². The molecule has 0 fully saturated rings. The summed E-state index contributed by atoms with van der Waals surface area (Å²) < 4.78 is 53.8. The van der Waals surface area contributed by atoms with Crippen LogP contribution in [0.3, 0.4) is 0 Å². The number of methoxy groups -OCH3 is 2. The molecule has 0 bridgehead atoms. The summed E-state index contributed by atoms with van der Waals surface area (Å²) in [6.45, 7) is 37.1. The van der Waals surface area contributed by atoms with Gasteiger partial charge in [0, 0.05) is 28.7 Å². The highest BCUT2D eigenvalue weighted by Gasteiger charge is 2.30. The van der Waals surface area contributed by atoms with Gasteiger partial charge >= 0.3 is 0 Å². The van der Waals surface area contributed by atoms with E-state index in [4.69, 9.17) is 18.9 Å². The highest BCUT2D eigenvalue weighted by Crippen LogP contribution is 2.45. The Hall–Kier alpha value is -4.06. The van der Waals surface area contributed by atoms with Crippen molar-refractivity contribution in [3.05, 3.63) is 95.1 Å². The summed E-state index contributed by atoms with van der Waals surface area (Å²) in [7, 11) is 3.27. The van der Waals surface area contributed by atoms with Gasteiger partial charge in [0.2, 0.25) is 0 Å². The molecule has 0 amide bonds. The van der Waals surface area contributed by atoms with E-state index >= 15 is 0 Å². The van der Waals surface area contributed by atoms with Gasteiger partial charge in [-0.3, -0.25) is 0 Å². The predicted octanol–water partition coefficient (Wildman–Crippen LogP) is 16.0. The van der Waals surface area contributed by atoms with Gasteiger partial charge in [0.1, 0.15) is 34.6 Å². The minimum absolute atomic E-state index is 0.114. The lowest BCUT2D eigenvalue weighted by molar-refractivity contribution is 0.248. The van der Waals surface area contributed by atoms with E-state index in [-0.39, 0.29) is 33.3 Å². The van der Waals surface area contributed by atoms with Crippen LogP contribution in [0, 0.1) is 29.4 Å². The summed E-state index contributed by atoms with van der Waals surface area (Å²) in [5.41, 5.74) is 6.15. The average Bonchev–Trinajstić information content (AvgIpc) is 3.15. The van der Waals surface area contributed by atoms with Crippen molar-refractivity contribution in [3.63, 3.8) is 0 Å². The van der Waals surface area contributed by atoms with E-state index in [9.17, 15) is 8.78 Å². The summed E-state index contributed by atoms with van der Waals surface area (Å²) >= 11 is 0. The first-order chi connectivity index (χ1) is 27.1. The summed E-state index contributed by atoms with van der Waals surface area (Å²) in [6, 6.07) is 19.6. The van der Waals surface area contributed by atoms with Crippen LogP contribution in [0.1, 0.15) is 147 Å². The monoisotopic (exact) mass is 805 g/mol. The van der Waals surface area contributed by atoms with Crippen LogP contribution in [-0.4, -0.2) is 27.4 Å². The molecule has 4 aromatic rings. The largest absolute Gasteiger partial charge is 0.496 e. The minimum atomic E-state index is -0.354. The van der Waals surface area contributed by atoms with Crippen LogP contribution in [0.25, 0.3) is 22.3 Å². The Morgan fingerprint density at radius 2 is 0.862 bits per heavy atom. The van der Waals surface area contributed by atoms with Crippen LogP contribution < -0.4 is 18.9 Å². The second-order valence-corrected chi connectivity index (χ2v) is 17.9. The van der Waals surface area contributed by atoms with Crippen LogP contribution >= 0.6 is 0 Å². The molecule has 0 saturated heterocycles. The molecule has 4 rings (SSSR count). The molecular weight excluding hydrogens is 727 g/mol. The van der Waals surface area contributed by atoms with E-state index in [1.165, 1.54) is 24.3 Å². The normalized spacial score (nSPS) is 11.5. The zero-order valence-corrected chi connectivity index (χ0v) is 39.8. The SMILES string of the molecule is CC.CC.CC.COc1ccc(C(C)(C)CC(C)(C)C)cc1-c1cc(F)ccc1OCCCOc1ccc(F)cc1-c1cc(C(C)(C)CC(C)(C)C)cc(C)c1OC. The number of hydrogen-bond donors (Lipinski definition) is 0. The molecule has 0 unspecified atom stereocenters. The molecule has 0 saturated carbocycles. The van der Waals surface area contributed by atoms with Gasteiger partial charge in [0.15, 0.2) is 0 Å². The first kappa shape index (κ1) is 52.0. The fourth-order valence-corrected chi connectivity index (χ4v) is 7.93. The number of rotatable bonds is 14. The molecule has 4 aromatic carbocycles. The lowest BCUT2D eigenvalue weighted by atomic mass is 9.71. The van der Waals surface area contributed by atoms with E-state index in [0.717, 1.165) is 40.7 Å². The van der Waals surface area contributed by atoms with Gasteiger partial charge in [-0.15, -0.1) is 0 Å². The van der Waals surface area contributed by atoms with Crippen molar-refractivity contribution in [2.45, 2.75) is 148 Å². The van der Waals surface area contributed by atoms with Gasteiger partial charge in [-0.2, -0.15) is 0 Å². The zero-order valence-electron chi connectivity index (χ0n) is 39.8.